The second-order valence-electron chi connectivity index (χ2n) is 4.56. The van der Waals surface area contributed by atoms with E-state index in [2.05, 4.69) is 22.6 Å². The second kappa shape index (κ2) is 6.10. The van der Waals surface area contributed by atoms with E-state index in [1.807, 2.05) is 12.1 Å². The van der Waals surface area contributed by atoms with Crippen LogP contribution in [0.15, 0.2) is 24.3 Å². The van der Waals surface area contributed by atoms with Gasteiger partial charge in [-0.1, -0.05) is 18.2 Å². The van der Waals surface area contributed by atoms with E-state index in [0.717, 1.165) is 31.7 Å². The Morgan fingerprint density at radius 3 is 3.06 bits per heavy atom. The number of rotatable bonds is 4. The molecule has 17 heavy (non-hydrogen) atoms. The van der Waals surface area contributed by atoms with E-state index in [4.69, 9.17) is 0 Å². The van der Waals surface area contributed by atoms with Crippen LogP contribution in [0.5, 0.6) is 0 Å². The second-order valence-corrected chi connectivity index (χ2v) is 4.56. The number of piperazine rings is 1. The number of hydrogen-bond donors (Lipinski definition) is 2. The zero-order chi connectivity index (χ0) is 12.1. The highest BCUT2D eigenvalue weighted by Crippen LogP contribution is 2.06. The predicted octanol–water partition coefficient (Wildman–Crippen LogP) is 0.819. The summed E-state index contributed by atoms with van der Waals surface area (Å²) in [7, 11) is 2.14. The molecule has 0 radical (unpaired) electrons. The minimum atomic E-state index is -0.130. The molecule has 1 aliphatic heterocycles. The molecule has 2 rings (SSSR count). The molecule has 0 aliphatic carbocycles. The molecule has 0 aromatic heterocycles. The topological polar surface area (TPSA) is 27.3 Å². The van der Waals surface area contributed by atoms with Gasteiger partial charge in [-0.3, -0.25) is 4.90 Å². The molecule has 1 aromatic rings. The molecule has 0 spiro atoms. The third-order valence-electron chi connectivity index (χ3n) is 3.30. The Bertz CT molecular complexity index is 356. The maximum atomic E-state index is 13.4. The molecule has 1 unspecified atom stereocenters. The number of likely N-dealkylation sites (N-methyl/N-ethyl adjacent to an activating group) is 1. The van der Waals surface area contributed by atoms with Gasteiger partial charge < -0.3 is 10.6 Å². The van der Waals surface area contributed by atoms with E-state index in [0.29, 0.717) is 12.6 Å². The molecule has 0 amide bonds. The van der Waals surface area contributed by atoms with Crippen molar-refractivity contribution in [1.29, 1.82) is 0 Å². The lowest BCUT2D eigenvalue weighted by atomic mass is 10.2. The lowest BCUT2D eigenvalue weighted by Crippen LogP contribution is -2.53. The number of benzene rings is 1. The minimum Gasteiger partial charge on any atom is -0.314 e. The van der Waals surface area contributed by atoms with Crippen LogP contribution in [-0.4, -0.2) is 44.2 Å². The quantitative estimate of drug-likeness (QED) is 0.812. The number of nitrogens with one attached hydrogen (secondary N) is 2. The van der Waals surface area contributed by atoms with Gasteiger partial charge in [-0.2, -0.15) is 0 Å². The summed E-state index contributed by atoms with van der Waals surface area (Å²) < 4.78 is 13.4. The van der Waals surface area contributed by atoms with Crippen LogP contribution < -0.4 is 10.6 Å². The monoisotopic (exact) mass is 237 g/mol. The van der Waals surface area contributed by atoms with Crippen molar-refractivity contribution in [2.45, 2.75) is 12.6 Å². The first-order valence-corrected chi connectivity index (χ1v) is 6.12. The zero-order valence-corrected chi connectivity index (χ0v) is 10.2. The molecule has 1 aliphatic rings. The van der Waals surface area contributed by atoms with Gasteiger partial charge in [0, 0.05) is 44.3 Å². The van der Waals surface area contributed by atoms with Crippen LogP contribution in [0.2, 0.25) is 0 Å². The fraction of sp³-hybridized carbons (Fsp3) is 0.538. The summed E-state index contributed by atoms with van der Waals surface area (Å²) in [5, 5.41) is 6.69. The van der Waals surface area contributed by atoms with Crippen molar-refractivity contribution in [2.24, 2.45) is 0 Å². The molecule has 2 N–H and O–H groups in total. The molecule has 3 nitrogen and oxygen atoms in total. The van der Waals surface area contributed by atoms with Crippen molar-refractivity contribution < 1.29 is 4.39 Å². The highest BCUT2D eigenvalue weighted by molar-refractivity contribution is 5.16. The molecule has 4 heteroatoms. The largest absolute Gasteiger partial charge is 0.314 e. The van der Waals surface area contributed by atoms with E-state index >= 15 is 0 Å². The Balaban J connectivity index is 1.77. The Morgan fingerprint density at radius 1 is 1.47 bits per heavy atom. The average molecular weight is 237 g/mol. The fourth-order valence-corrected chi connectivity index (χ4v) is 2.11. The van der Waals surface area contributed by atoms with Crippen LogP contribution in [0, 0.1) is 5.82 Å². The third-order valence-corrected chi connectivity index (χ3v) is 3.30. The number of hydrogen-bond acceptors (Lipinski definition) is 3. The molecular formula is C13H20FN3. The van der Waals surface area contributed by atoms with Crippen molar-refractivity contribution in [3.05, 3.63) is 35.6 Å². The molecular weight excluding hydrogens is 217 g/mol. The van der Waals surface area contributed by atoms with Crippen molar-refractivity contribution in [3.63, 3.8) is 0 Å². The maximum Gasteiger partial charge on any atom is 0.127 e. The van der Waals surface area contributed by atoms with E-state index in [1.165, 1.54) is 6.07 Å². The van der Waals surface area contributed by atoms with Crippen molar-refractivity contribution >= 4 is 0 Å². The summed E-state index contributed by atoms with van der Waals surface area (Å²) in [6, 6.07) is 7.42. The van der Waals surface area contributed by atoms with Crippen LogP contribution in [0.4, 0.5) is 4.39 Å². The van der Waals surface area contributed by atoms with E-state index in [9.17, 15) is 4.39 Å². The van der Waals surface area contributed by atoms with Gasteiger partial charge in [0.15, 0.2) is 0 Å². The van der Waals surface area contributed by atoms with Gasteiger partial charge in [0.25, 0.3) is 0 Å². The van der Waals surface area contributed by atoms with Crippen molar-refractivity contribution in [2.75, 3.05) is 33.2 Å². The molecule has 1 heterocycles. The summed E-state index contributed by atoms with van der Waals surface area (Å²) in [6.07, 6.45) is 0. The van der Waals surface area contributed by atoms with E-state index in [1.54, 1.807) is 6.07 Å². The Hall–Kier alpha value is -0.970. The van der Waals surface area contributed by atoms with Gasteiger partial charge in [0.1, 0.15) is 5.82 Å². The van der Waals surface area contributed by atoms with Gasteiger partial charge in [-0.25, -0.2) is 4.39 Å². The molecule has 0 bridgehead atoms. The van der Waals surface area contributed by atoms with Gasteiger partial charge in [0.05, 0.1) is 0 Å². The Morgan fingerprint density at radius 2 is 2.29 bits per heavy atom. The van der Waals surface area contributed by atoms with E-state index in [-0.39, 0.29) is 5.82 Å². The smallest absolute Gasteiger partial charge is 0.127 e. The summed E-state index contributed by atoms with van der Waals surface area (Å²) in [4.78, 5) is 2.34. The van der Waals surface area contributed by atoms with Gasteiger partial charge in [-0.15, -0.1) is 0 Å². The number of nitrogens with zero attached hydrogens (tertiary/aromatic N) is 1. The first-order valence-electron chi connectivity index (χ1n) is 6.12. The van der Waals surface area contributed by atoms with Gasteiger partial charge >= 0.3 is 0 Å². The average Bonchev–Trinajstić information content (AvgIpc) is 2.34. The fourth-order valence-electron chi connectivity index (χ4n) is 2.11. The lowest BCUT2D eigenvalue weighted by molar-refractivity contribution is 0.195. The van der Waals surface area contributed by atoms with Gasteiger partial charge in [-0.05, 0) is 13.1 Å². The highest BCUT2D eigenvalue weighted by Gasteiger charge is 2.17. The van der Waals surface area contributed by atoms with Crippen LogP contribution >= 0.6 is 0 Å². The molecule has 0 saturated carbocycles. The van der Waals surface area contributed by atoms with Crippen LogP contribution in [0.25, 0.3) is 0 Å². The molecule has 1 atom stereocenters. The van der Waals surface area contributed by atoms with Crippen LogP contribution in [-0.2, 0) is 6.54 Å². The summed E-state index contributed by atoms with van der Waals surface area (Å²) in [5.41, 5.74) is 0.735. The standard InChI is InChI=1S/C13H20FN3/c1-17-7-6-15-9-12(17)10-16-8-11-4-2-3-5-13(11)14/h2-5,12,15-16H,6-10H2,1H3. The minimum absolute atomic E-state index is 0.130. The highest BCUT2D eigenvalue weighted by atomic mass is 19.1. The summed E-state index contributed by atoms with van der Waals surface area (Å²) in [5.74, 6) is -0.130. The van der Waals surface area contributed by atoms with Gasteiger partial charge in [0.2, 0.25) is 0 Å². The maximum absolute atomic E-state index is 13.4. The summed E-state index contributed by atoms with van der Waals surface area (Å²) in [6.45, 7) is 4.61. The number of halogens is 1. The van der Waals surface area contributed by atoms with Crippen molar-refractivity contribution in [3.8, 4) is 0 Å². The third kappa shape index (κ3) is 3.49. The predicted molar refractivity (Wildman–Crippen MR) is 67.4 cm³/mol. The first-order chi connectivity index (χ1) is 8.27. The normalized spacial score (nSPS) is 21.6. The van der Waals surface area contributed by atoms with Crippen molar-refractivity contribution in [1.82, 2.24) is 15.5 Å². The van der Waals surface area contributed by atoms with E-state index < -0.39 is 0 Å². The molecule has 94 valence electrons. The molecule has 1 fully saturated rings. The molecule has 1 saturated heterocycles. The Kier molecular flexibility index (Phi) is 4.48. The zero-order valence-electron chi connectivity index (χ0n) is 10.2. The first kappa shape index (κ1) is 12.5. The van der Waals surface area contributed by atoms with Crippen LogP contribution in [0.3, 0.4) is 0 Å². The molecule has 1 aromatic carbocycles. The Labute approximate surface area is 102 Å². The lowest BCUT2D eigenvalue weighted by Gasteiger charge is -2.33. The van der Waals surface area contributed by atoms with Crippen LogP contribution in [0.1, 0.15) is 5.56 Å². The SMILES string of the molecule is CN1CCNCC1CNCc1ccccc1F. The summed E-state index contributed by atoms with van der Waals surface area (Å²) >= 11 is 0.